The van der Waals surface area contributed by atoms with Crippen LogP contribution in [0.15, 0.2) is 72.8 Å². The molecule has 1 aliphatic carbocycles. The van der Waals surface area contributed by atoms with E-state index in [1.54, 1.807) is 0 Å². The van der Waals surface area contributed by atoms with Gasteiger partial charge in [0.1, 0.15) is 0 Å². The molecule has 0 saturated heterocycles. The molecule has 0 aliphatic heterocycles. The van der Waals surface area contributed by atoms with Crippen molar-refractivity contribution in [2.24, 2.45) is 0 Å². The highest BCUT2D eigenvalue weighted by Crippen LogP contribution is 2.47. The fraction of sp³-hybridized carbons (Fsp3) is 0.222. The summed E-state index contributed by atoms with van der Waals surface area (Å²) in [5.41, 5.74) is 1.65. The maximum atomic E-state index is 10.7. The van der Waals surface area contributed by atoms with Crippen molar-refractivity contribution < 1.29 is 5.11 Å². The van der Waals surface area contributed by atoms with Gasteiger partial charge in [-0.1, -0.05) is 72.8 Å². The molecule has 0 bridgehead atoms. The fourth-order valence-corrected chi connectivity index (χ4v) is 3.06. The fourth-order valence-electron chi connectivity index (χ4n) is 3.06. The minimum absolute atomic E-state index is 0.0797. The molecule has 19 heavy (non-hydrogen) atoms. The van der Waals surface area contributed by atoms with Crippen molar-refractivity contribution in [2.75, 3.05) is 0 Å². The van der Waals surface area contributed by atoms with Gasteiger partial charge in [0.15, 0.2) is 0 Å². The second kappa shape index (κ2) is 4.67. The lowest BCUT2D eigenvalue weighted by Crippen LogP contribution is -2.29. The third kappa shape index (κ3) is 2.22. The first-order valence-electron chi connectivity index (χ1n) is 6.70. The SMILES string of the molecule is C[C@]1(O)C=C[C@@H](c2ccccc2)[C@@H]1c1ccccc1. The lowest BCUT2D eigenvalue weighted by atomic mass is 9.77. The average molecular weight is 250 g/mol. The van der Waals surface area contributed by atoms with Crippen LogP contribution in [0.25, 0.3) is 0 Å². The first-order chi connectivity index (χ1) is 9.18. The second-order valence-corrected chi connectivity index (χ2v) is 5.41. The molecule has 1 heteroatoms. The van der Waals surface area contributed by atoms with E-state index in [0.717, 1.165) is 0 Å². The molecule has 96 valence electrons. The van der Waals surface area contributed by atoms with Gasteiger partial charge in [-0.05, 0) is 18.1 Å². The molecule has 3 rings (SSSR count). The number of hydrogen-bond donors (Lipinski definition) is 1. The Bertz CT molecular complexity index is 569. The van der Waals surface area contributed by atoms with Crippen LogP contribution >= 0.6 is 0 Å². The van der Waals surface area contributed by atoms with Crippen LogP contribution in [0.3, 0.4) is 0 Å². The number of aliphatic hydroxyl groups is 1. The molecule has 0 heterocycles. The van der Waals surface area contributed by atoms with Crippen molar-refractivity contribution in [3.8, 4) is 0 Å². The Morgan fingerprint density at radius 3 is 1.95 bits per heavy atom. The van der Waals surface area contributed by atoms with Crippen LogP contribution in [0.5, 0.6) is 0 Å². The summed E-state index contributed by atoms with van der Waals surface area (Å²) in [4.78, 5) is 0. The normalized spacial score (nSPS) is 29.6. The monoisotopic (exact) mass is 250 g/mol. The Morgan fingerprint density at radius 1 is 0.842 bits per heavy atom. The van der Waals surface area contributed by atoms with Crippen molar-refractivity contribution >= 4 is 0 Å². The summed E-state index contributed by atoms with van der Waals surface area (Å²) in [6.45, 7) is 1.89. The zero-order valence-electron chi connectivity index (χ0n) is 11.0. The first-order valence-corrected chi connectivity index (χ1v) is 6.70. The average Bonchev–Trinajstić information content (AvgIpc) is 2.76. The summed E-state index contributed by atoms with van der Waals surface area (Å²) >= 11 is 0. The molecule has 2 aromatic rings. The molecule has 1 N–H and O–H groups in total. The van der Waals surface area contributed by atoms with Gasteiger partial charge in [-0.3, -0.25) is 0 Å². The summed E-state index contributed by atoms with van der Waals surface area (Å²) in [5.74, 6) is 0.315. The second-order valence-electron chi connectivity index (χ2n) is 5.41. The summed E-state index contributed by atoms with van der Waals surface area (Å²) in [6, 6.07) is 20.7. The van der Waals surface area contributed by atoms with Gasteiger partial charge >= 0.3 is 0 Å². The van der Waals surface area contributed by atoms with E-state index < -0.39 is 5.60 Å². The van der Waals surface area contributed by atoms with E-state index in [4.69, 9.17) is 0 Å². The van der Waals surface area contributed by atoms with E-state index >= 15 is 0 Å². The van der Waals surface area contributed by atoms with Crippen molar-refractivity contribution in [1.29, 1.82) is 0 Å². The molecule has 1 nitrogen and oxygen atoms in total. The molecular formula is C18H18O. The minimum atomic E-state index is -0.790. The highest BCUT2D eigenvalue weighted by molar-refractivity contribution is 5.40. The van der Waals surface area contributed by atoms with Gasteiger partial charge in [0.2, 0.25) is 0 Å². The summed E-state index contributed by atoms with van der Waals surface area (Å²) in [6.07, 6.45) is 4.06. The zero-order valence-corrected chi connectivity index (χ0v) is 11.0. The van der Waals surface area contributed by atoms with E-state index in [2.05, 4.69) is 42.5 Å². The Hall–Kier alpha value is -1.86. The smallest absolute Gasteiger partial charge is 0.0877 e. The van der Waals surface area contributed by atoms with Gasteiger partial charge in [0.05, 0.1) is 5.60 Å². The third-order valence-electron chi connectivity index (χ3n) is 3.97. The van der Waals surface area contributed by atoms with Crippen LogP contribution in [0.1, 0.15) is 29.9 Å². The summed E-state index contributed by atoms with van der Waals surface area (Å²) in [7, 11) is 0. The van der Waals surface area contributed by atoms with Crippen molar-refractivity contribution in [2.45, 2.75) is 24.4 Å². The van der Waals surface area contributed by atoms with Gasteiger partial charge in [0.25, 0.3) is 0 Å². The van der Waals surface area contributed by atoms with Gasteiger partial charge in [-0.25, -0.2) is 0 Å². The van der Waals surface area contributed by atoms with Crippen LogP contribution in [0.2, 0.25) is 0 Å². The van der Waals surface area contributed by atoms with Gasteiger partial charge in [-0.2, -0.15) is 0 Å². The highest BCUT2D eigenvalue weighted by Gasteiger charge is 2.41. The van der Waals surface area contributed by atoms with Gasteiger partial charge in [0, 0.05) is 11.8 Å². The number of rotatable bonds is 2. The maximum Gasteiger partial charge on any atom is 0.0877 e. The van der Waals surface area contributed by atoms with Gasteiger partial charge < -0.3 is 5.11 Å². The Morgan fingerprint density at radius 2 is 1.37 bits per heavy atom. The Labute approximate surface area is 114 Å². The van der Waals surface area contributed by atoms with E-state index in [1.807, 2.05) is 37.3 Å². The topological polar surface area (TPSA) is 20.2 Å². The van der Waals surface area contributed by atoms with Gasteiger partial charge in [-0.15, -0.1) is 0 Å². The molecular weight excluding hydrogens is 232 g/mol. The van der Waals surface area contributed by atoms with Crippen molar-refractivity contribution in [3.63, 3.8) is 0 Å². The van der Waals surface area contributed by atoms with Crippen LogP contribution < -0.4 is 0 Å². The van der Waals surface area contributed by atoms with E-state index in [9.17, 15) is 5.11 Å². The van der Waals surface area contributed by atoms with Crippen molar-refractivity contribution in [1.82, 2.24) is 0 Å². The molecule has 0 unspecified atom stereocenters. The molecule has 3 atom stereocenters. The molecule has 0 aromatic heterocycles. The Kier molecular flexibility index (Phi) is 3.00. The first kappa shape index (κ1) is 12.2. The standard InChI is InChI=1S/C18H18O/c1-18(19)13-12-16(14-8-4-2-5-9-14)17(18)15-10-6-3-7-11-15/h2-13,16-17,19H,1H3/t16-,17-,18-/m0/s1. The molecule has 0 radical (unpaired) electrons. The number of allylic oxidation sites excluding steroid dienone is 1. The minimum Gasteiger partial charge on any atom is -0.385 e. The van der Waals surface area contributed by atoms with E-state index in [-0.39, 0.29) is 11.8 Å². The van der Waals surface area contributed by atoms with Crippen LogP contribution in [-0.4, -0.2) is 10.7 Å². The lowest BCUT2D eigenvalue weighted by molar-refractivity contribution is 0.0854. The Balaban J connectivity index is 2.04. The molecule has 2 aromatic carbocycles. The molecule has 1 aliphatic rings. The number of hydrogen-bond acceptors (Lipinski definition) is 1. The molecule has 0 amide bonds. The van der Waals surface area contributed by atoms with E-state index in [0.29, 0.717) is 0 Å². The zero-order chi connectivity index (χ0) is 13.3. The largest absolute Gasteiger partial charge is 0.385 e. The highest BCUT2D eigenvalue weighted by atomic mass is 16.3. The summed E-state index contributed by atoms with van der Waals surface area (Å²) in [5, 5.41) is 10.7. The molecule has 0 saturated carbocycles. The summed E-state index contributed by atoms with van der Waals surface area (Å²) < 4.78 is 0. The third-order valence-corrected chi connectivity index (χ3v) is 3.97. The molecule has 0 fully saturated rings. The maximum absolute atomic E-state index is 10.7. The predicted molar refractivity (Wildman–Crippen MR) is 78.1 cm³/mol. The lowest BCUT2D eigenvalue weighted by Gasteiger charge is -2.30. The van der Waals surface area contributed by atoms with Crippen LogP contribution in [-0.2, 0) is 0 Å². The van der Waals surface area contributed by atoms with Crippen LogP contribution in [0, 0.1) is 0 Å². The predicted octanol–water partition coefficient (Wildman–Crippen LogP) is 3.87. The number of benzene rings is 2. The van der Waals surface area contributed by atoms with E-state index in [1.165, 1.54) is 11.1 Å². The van der Waals surface area contributed by atoms with Crippen molar-refractivity contribution in [3.05, 3.63) is 83.9 Å². The quantitative estimate of drug-likeness (QED) is 0.802. The van der Waals surface area contributed by atoms with Crippen LogP contribution in [0.4, 0.5) is 0 Å². The molecule has 0 spiro atoms.